The summed E-state index contributed by atoms with van der Waals surface area (Å²) in [7, 11) is 0. The molecule has 2 heterocycles. The van der Waals surface area contributed by atoms with Crippen LogP contribution in [0.2, 0.25) is 0 Å². The average molecular weight is 350 g/mol. The molecule has 0 aliphatic carbocycles. The van der Waals surface area contributed by atoms with E-state index in [0.29, 0.717) is 11.5 Å². The van der Waals surface area contributed by atoms with Crippen molar-refractivity contribution in [1.29, 1.82) is 0 Å². The Morgan fingerprint density at radius 1 is 1.16 bits per heavy atom. The number of hydrogen-bond acceptors (Lipinski definition) is 4. The number of nitrogens with one attached hydrogen (secondary N) is 1. The van der Waals surface area contributed by atoms with E-state index in [1.807, 2.05) is 12.1 Å². The minimum Gasteiger partial charge on any atom is -0.406 e. The average Bonchev–Trinajstić information content (AvgIpc) is 2.98. The van der Waals surface area contributed by atoms with Crippen molar-refractivity contribution in [2.75, 3.05) is 0 Å². The van der Waals surface area contributed by atoms with E-state index in [0.717, 1.165) is 12.1 Å². The highest BCUT2D eigenvalue weighted by atomic mass is 19.4. The molecule has 0 bridgehead atoms. The van der Waals surface area contributed by atoms with E-state index < -0.39 is 18.3 Å². The van der Waals surface area contributed by atoms with Crippen LogP contribution in [0.15, 0.2) is 48.7 Å². The van der Waals surface area contributed by atoms with Crippen LogP contribution in [0.25, 0.3) is 5.65 Å². The fourth-order valence-corrected chi connectivity index (χ4v) is 2.31. The maximum Gasteiger partial charge on any atom is 0.573 e. The van der Waals surface area contributed by atoms with Crippen molar-refractivity contribution < 1.29 is 22.7 Å². The third-order valence-electron chi connectivity index (χ3n) is 3.43. The lowest BCUT2D eigenvalue weighted by Gasteiger charge is -2.13. The number of hydrogen-bond donors (Lipinski definition) is 1. The SMILES string of the molecule is C[C@@H](NC(=O)c1ccc(OC(F)(F)F)cc1)c1nnc2ccccn12. The van der Waals surface area contributed by atoms with Gasteiger partial charge >= 0.3 is 6.36 Å². The van der Waals surface area contributed by atoms with Crippen molar-refractivity contribution >= 4 is 11.6 Å². The smallest absolute Gasteiger partial charge is 0.406 e. The van der Waals surface area contributed by atoms with Gasteiger partial charge in [0.25, 0.3) is 5.91 Å². The number of halogens is 3. The zero-order valence-corrected chi connectivity index (χ0v) is 13.0. The molecular formula is C16H13F3N4O2. The Kier molecular flexibility index (Phi) is 4.30. The van der Waals surface area contributed by atoms with E-state index in [2.05, 4.69) is 20.3 Å². The Balaban J connectivity index is 1.71. The molecule has 0 saturated heterocycles. The number of amides is 1. The molecule has 25 heavy (non-hydrogen) atoms. The van der Waals surface area contributed by atoms with Crippen molar-refractivity contribution in [3.8, 4) is 5.75 Å². The minimum atomic E-state index is -4.77. The lowest BCUT2D eigenvalue weighted by Crippen LogP contribution is -2.28. The zero-order chi connectivity index (χ0) is 18.0. The summed E-state index contributed by atoms with van der Waals surface area (Å²) in [5.74, 6) is -0.291. The van der Waals surface area contributed by atoms with Crippen LogP contribution in [-0.4, -0.2) is 26.9 Å². The molecule has 0 aliphatic heterocycles. The van der Waals surface area contributed by atoms with Crippen LogP contribution in [0.4, 0.5) is 13.2 Å². The molecule has 0 unspecified atom stereocenters. The van der Waals surface area contributed by atoms with Crippen LogP contribution in [0.5, 0.6) is 5.75 Å². The molecule has 130 valence electrons. The molecule has 1 amide bonds. The number of benzene rings is 1. The highest BCUT2D eigenvalue weighted by Crippen LogP contribution is 2.23. The van der Waals surface area contributed by atoms with E-state index in [9.17, 15) is 18.0 Å². The van der Waals surface area contributed by atoms with Crippen LogP contribution in [0.3, 0.4) is 0 Å². The van der Waals surface area contributed by atoms with Gasteiger partial charge in [-0.25, -0.2) is 0 Å². The number of nitrogens with zero attached hydrogens (tertiary/aromatic N) is 3. The highest BCUT2D eigenvalue weighted by Gasteiger charge is 2.31. The topological polar surface area (TPSA) is 68.5 Å². The maximum atomic E-state index is 12.3. The Labute approximate surface area is 140 Å². The van der Waals surface area contributed by atoms with Crippen LogP contribution in [0, 0.1) is 0 Å². The van der Waals surface area contributed by atoms with Gasteiger partial charge in [0.05, 0.1) is 6.04 Å². The molecule has 6 nitrogen and oxygen atoms in total. The summed E-state index contributed by atoms with van der Waals surface area (Å²) in [5, 5.41) is 10.8. The second-order valence-corrected chi connectivity index (χ2v) is 5.25. The monoisotopic (exact) mass is 350 g/mol. The van der Waals surface area contributed by atoms with Crippen molar-refractivity contribution in [3.63, 3.8) is 0 Å². The van der Waals surface area contributed by atoms with Gasteiger partial charge in [-0.05, 0) is 43.3 Å². The third kappa shape index (κ3) is 3.87. The Bertz CT molecular complexity index is 890. The standard InChI is InChI=1S/C16H13F3N4O2/c1-10(14-22-21-13-4-2-3-9-23(13)14)20-15(24)11-5-7-12(8-6-11)25-16(17,18)19/h2-10H,1H3,(H,20,24)/t10-/m1/s1. The predicted molar refractivity (Wildman–Crippen MR) is 82.0 cm³/mol. The molecule has 1 N–H and O–H groups in total. The van der Waals surface area contributed by atoms with E-state index in [4.69, 9.17) is 0 Å². The predicted octanol–water partition coefficient (Wildman–Crippen LogP) is 3.12. The molecule has 3 aromatic rings. The molecule has 1 atom stereocenters. The number of alkyl halides is 3. The first-order valence-corrected chi connectivity index (χ1v) is 7.30. The van der Waals surface area contributed by atoms with Gasteiger partial charge in [-0.3, -0.25) is 9.20 Å². The van der Waals surface area contributed by atoms with Gasteiger partial charge in [-0.2, -0.15) is 0 Å². The molecule has 1 aromatic carbocycles. The fourth-order valence-electron chi connectivity index (χ4n) is 2.31. The largest absolute Gasteiger partial charge is 0.573 e. The Morgan fingerprint density at radius 2 is 1.88 bits per heavy atom. The summed E-state index contributed by atoms with van der Waals surface area (Å²) in [6.07, 6.45) is -3.00. The minimum absolute atomic E-state index is 0.204. The summed E-state index contributed by atoms with van der Waals surface area (Å²) in [6, 6.07) is 9.64. The first kappa shape index (κ1) is 16.7. The second kappa shape index (κ2) is 6.42. The molecule has 0 saturated carbocycles. The van der Waals surface area contributed by atoms with Crippen LogP contribution >= 0.6 is 0 Å². The van der Waals surface area contributed by atoms with Gasteiger partial charge in [0, 0.05) is 11.8 Å². The van der Waals surface area contributed by atoms with Crippen LogP contribution in [-0.2, 0) is 0 Å². The number of carbonyl (C=O) groups is 1. The maximum absolute atomic E-state index is 12.3. The Morgan fingerprint density at radius 3 is 2.56 bits per heavy atom. The molecule has 2 aromatic heterocycles. The molecule has 0 aliphatic rings. The summed E-state index contributed by atoms with van der Waals surface area (Å²) < 4.78 is 41.9. The van der Waals surface area contributed by atoms with Gasteiger partial charge in [0.15, 0.2) is 11.5 Å². The second-order valence-electron chi connectivity index (χ2n) is 5.25. The normalized spacial score (nSPS) is 12.8. The zero-order valence-electron chi connectivity index (χ0n) is 13.0. The first-order chi connectivity index (χ1) is 11.8. The number of ether oxygens (including phenoxy) is 1. The van der Waals surface area contributed by atoms with E-state index in [1.54, 1.807) is 23.6 Å². The summed E-state index contributed by atoms with van der Waals surface area (Å²) in [5.41, 5.74) is 0.849. The van der Waals surface area contributed by atoms with Crippen molar-refractivity contribution in [2.24, 2.45) is 0 Å². The van der Waals surface area contributed by atoms with Gasteiger partial charge in [0.2, 0.25) is 0 Å². The number of pyridine rings is 1. The molecule has 3 rings (SSSR count). The lowest BCUT2D eigenvalue weighted by atomic mass is 10.2. The molecule has 9 heteroatoms. The fraction of sp³-hybridized carbons (Fsp3) is 0.188. The summed E-state index contributed by atoms with van der Waals surface area (Å²) >= 11 is 0. The van der Waals surface area contributed by atoms with Gasteiger partial charge in [-0.1, -0.05) is 6.07 Å². The molecule has 0 spiro atoms. The van der Waals surface area contributed by atoms with E-state index >= 15 is 0 Å². The number of carbonyl (C=O) groups excluding carboxylic acids is 1. The van der Waals surface area contributed by atoms with Gasteiger partial charge in [0.1, 0.15) is 5.75 Å². The van der Waals surface area contributed by atoms with Crippen molar-refractivity contribution in [3.05, 3.63) is 60.0 Å². The molecule has 0 radical (unpaired) electrons. The number of aromatic nitrogens is 3. The Hall–Kier alpha value is -3.10. The summed E-state index contributed by atoms with van der Waals surface area (Å²) in [4.78, 5) is 12.3. The van der Waals surface area contributed by atoms with Crippen molar-refractivity contribution in [1.82, 2.24) is 19.9 Å². The van der Waals surface area contributed by atoms with E-state index in [-0.39, 0.29) is 11.3 Å². The van der Waals surface area contributed by atoms with Gasteiger partial charge in [-0.15, -0.1) is 23.4 Å². The van der Waals surface area contributed by atoms with Crippen LogP contribution in [0.1, 0.15) is 29.1 Å². The molecular weight excluding hydrogens is 337 g/mol. The highest BCUT2D eigenvalue weighted by molar-refractivity contribution is 5.94. The quantitative estimate of drug-likeness (QED) is 0.785. The van der Waals surface area contributed by atoms with Crippen molar-refractivity contribution in [2.45, 2.75) is 19.3 Å². The van der Waals surface area contributed by atoms with Crippen LogP contribution < -0.4 is 10.1 Å². The van der Waals surface area contributed by atoms with E-state index in [1.165, 1.54) is 12.1 Å². The summed E-state index contributed by atoms with van der Waals surface area (Å²) in [6.45, 7) is 1.74. The molecule has 0 fully saturated rings. The van der Waals surface area contributed by atoms with Gasteiger partial charge < -0.3 is 10.1 Å². The third-order valence-corrected chi connectivity index (χ3v) is 3.43. The number of rotatable bonds is 4. The number of fused-ring (bicyclic) bond motifs is 1. The first-order valence-electron chi connectivity index (χ1n) is 7.30. The lowest BCUT2D eigenvalue weighted by molar-refractivity contribution is -0.274.